The smallest absolute Gasteiger partial charge is 0.228 e. The molecule has 1 unspecified atom stereocenters. The zero-order chi connectivity index (χ0) is 9.97. The highest BCUT2D eigenvalue weighted by molar-refractivity contribution is 5.80. The maximum Gasteiger partial charge on any atom is 0.228 e. The van der Waals surface area contributed by atoms with Gasteiger partial charge in [0.1, 0.15) is 0 Å². The van der Waals surface area contributed by atoms with Gasteiger partial charge in [0, 0.05) is 26.2 Å². The van der Waals surface area contributed by atoms with Gasteiger partial charge in [-0.2, -0.15) is 0 Å². The summed E-state index contributed by atoms with van der Waals surface area (Å²) < 4.78 is 0. The summed E-state index contributed by atoms with van der Waals surface area (Å²) in [4.78, 5) is 14.0. The van der Waals surface area contributed by atoms with Crippen molar-refractivity contribution in [3.63, 3.8) is 0 Å². The van der Waals surface area contributed by atoms with E-state index in [2.05, 4.69) is 17.1 Å². The van der Waals surface area contributed by atoms with Gasteiger partial charge in [-0.05, 0) is 18.8 Å². The quantitative estimate of drug-likeness (QED) is 0.710. The number of piperidine rings is 1. The number of amides is 1. The molecule has 3 nitrogen and oxygen atoms in total. The number of rotatable bonds is 2. The summed E-state index contributed by atoms with van der Waals surface area (Å²) in [6.45, 7) is 6.01. The monoisotopic (exact) mass is 196 g/mol. The number of nitrogens with zero attached hydrogens (tertiary/aromatic N) is 1. The Balaban J connectivity index is 1.86. The Morgan fingerprint density at radius 3 is 2.86 bits per heavy atom. The highest BCUT2D eigenvalue weighted by Crippen LogP contribution is 2.21. The van der Waals surface area contributed by atoms with Crippen LogP contribution in [0.1, 0.15) is 26.2 Å². The summed E-state index contributed by atoms with van der Waals surface area (Å²) in [6, 6.07) is 0. The lowest BCUT2D eigenvalue weighted by Crippen LogP contribution is -2.53. The van der Waals surface area contributed by atoms with Gasteiger partial charge >= 0.3 is 0 Å². The van der Waals surface area contributed by atoms with E-state index in [-0.39, 0.29) is 5.92 Å². The molecule has 0 saturated carbocycles. The molecule has 0 aliphatic carbocycles. The van der Waals surface area contributed by atoms with Crippen molar-refractivity contribution in [2.75, 3.05) is 26.2 Å². The first-order valence-corrected chi connectivity index (χ1v) is 5.80. The molecule has 0 bridgehead atoms. The van der Waals surface area contributed by atoms with Crippen LogP contribution >= 0.6 is 0 Å². The standard InChI is InChI=1S/C11H20N2O/c1-2-9-4-3-5-13(8-9)11(14)10-6-12-7-10/h9-10,12H,2-8H2,1H3. The Morgan fingerprint density at radius 2 is 2.29 bits per heavy atom. The molecule has 2 aliphatic heterocycles. The number of hydrogen-bond donors (Lipinski definition) is 1. The van der Waals surface area contributed by atoms with Gasteiger partial charge in [0.05, 0.1) is 5.92 Å². The lowest BCUT2D eigenvalue weighted by Gasteiger charge is -2.37. The van der Waals surface area contributed by atoms with E-state index in [1.54, 1.807) is 0 Å². The highest BCUT2D eigenvalue weighted by Gasteiger charge is 2.31. The number of hydrogen-bond acceptors (Lipinski definition) is 2. The van der Waals surface area contributed by atoms with Gasteiger partial charge in [-0.3, -0.25) is 4.79 Å². The maximum atomic E-state index is 11.9. The molecular weight excluding hydrogens is 176 g/mol. The van der Waals surface area contributed by atoms with E-state index in [1.165, 1.54) is 19.3 Å². The maximum absolute atomic E-state index is 11.9. The second kappa shape index (κ2) is 4.30. The van der Waals surface area contributed by atoms with E-state index in [9.17, 15) is 4.79 Å². The van der Waals surface area contributed by atoms with Crippen molar-refractivity contribution >= 4 is 5.91 Å². The Morgan fingerprint density at radius 1 is 1.50 bits per heavy atom. The summed E-state index contributed by atoms with van der Waals surface area (Å²) in [6.07, 6.45) is 3.72. The minimum Gasteiger partial charge on any atom is -0.342 e. The summed E-state index contributed by atoms with van der Waals surface area (Å²) >= 11 is 0. The van der Waals surface area contributed by atoms with Gasteiger partial charge in [0.2, 0.25) is 5.91 Å². The molecule has 3 heteroatoms. The summed E-state index contributed by atoms with van der Waals surface area (Å²) in [7, 11) is 0. The summed E-state index contributed by atoms with van der Waals surface area (Å²) in [5.74, 6) is 1.42. The van der Waals surface area contributed by atoms with Crippen LogP contribution in [0.15, 0.2) is 0 Å². The highest BCUT2D eigenvalue weighted by atomic mass is 16.2. The largest absolute Gasteiger partial charge is 0.342 e. The van der Waals surface area contributed by atoms with Crippen molar-refractivity contribution < 1.29 is 4.79 Å². The first-order chi connectivity index (χ1) is 6.81. The molecule has 1 atom stereocenters. The molecule has 0 aromatic rings. The van der Waals surface area contributed by atoms with Crippen LogP contribution in [0.2, 0.25) is 0 Å². The van der Waals surface area contributed by atoms with E-state index in [4.69, 9.17) is 0 Å². The van der Waals surface area contributed by atoms with Crippen LogP contribution in [0.25, 0.3) is 0 Å². The second-order valence-electron chi connectivity index (χ2n) is 4.56. The van der Waals surface area contributed by atoms with Gasteiger partial charge in [0.15, 0.2) is 0 Å². The molecule has 0 spiro atoms. The van der Waals surface area contributed by atoms with Crippen LogP contribution in [0, 0.1) is 11.8 Å². The SMILES string of the molecule is CCC1CCCN(C(=O)C2CNC2)C1. The normalized spacial score (nSPS) is 28.6. The van der Waals surface area contributed by atoms with E-state index >= 15 is 0 Å². The molecule has 2 saturated heterocycles. The van der Waals surface area contributed by atoms with Gasteiger partial charge in [0.25, 0.3) is 0 Å². The van der Waals surface area contributed by atoms with Crippen molar-refractivity contribution in [2.45, 2.75) is 26.2 Å². The lowest BCUT2D eigenvalue weighted by atomic mass is 9.93. The minimum atomic E-state index is 0.283. The zero-order valence-corrected chi connectivity index (χ0v) is 8.96. The van der Waals surface area contributed by atoms with E-state index < -0.39 is 0 Å². The Labute approximate surface area is 85.8 Å². The van der Waals surface area contributed by atoms with E-state index in [1.807, 2.05) is 0 Å². The fraction of sp³-hybridized carbons (Fsp3) is 0.909. The van der Waals surface area contributed by atoms with Crippen molar-refractivity contribution in [3.8, 4) is 0 Å². The van der Waals surface area contributed by atoms with Crippen LogP contribution in [-0.2, 0) is 4.79 Å². The molecule has 2 fully saturated rings. The van der Waals surface area contributed by atoms with Gasteiger partial charge in [-0.25, -0.2) is 0 Å². The van der Waals surface area contributed by atoms with Gasteiger partial charge in [-0.15, -0.1) is 0 Å². The number of carbonyl (C=O) groups excluding carboxylic acids is 1. The van der Waals surface area contributed by atoms with Crippen LogP contribution in [0.3, 0.4) is 0 Å². The van der Waals surface area contributed by atoms with Crippen LogP contribution in [0.4, 0.5) is 0 Å². The van der Waals surface area contributed by atoms with Gasteiger partial charge < -0.3 is 10.2 Å². The topological polar surface area (TPSA) is 32.3 Å². The first-order valence-electron chi connectivity index (χ1n) is 5.80. The first kappa shape index (κ1) is 9.97. The minimum absolute atomic E-state index is 0.283. The number of carbonyl (C=O) groups is 1. The molecule has 1 amide bonds. The average molecular weight is 196 g/mol. The molecular formula is C11H20N2O. The van der Waals surface area contributed by atoms with Crippen molar-refractivity contribution in [2.24, 2.45) is 11.8 Å². The fourth-order valence-electron chi connectivity index (χ4n) is 2.32. The van der Waals surface area contributed by atoms with Crippen molar-refractivity contribution in [1.29, 1.82) is 0 Å². The van der Waals surface area contributed by atoms with Crippen molar-refractivity contribution in [1.82, 2.24) is 10.2 Å². The third-order valence-corrected chi connectivity index (χ3v) is 3.54. The zero-order valence-electron chi connectivity index (χ0n) is 8.96. The molecule has 0 aromatic carbocycles. The molecule has 2 rings (SSSR count). The third-order valence-electron chi connectivity index (χ3n) is 3.54. The van der Waals surface area contributed by atoms with Crippen LogP contribution in [-0.4, -0.2) is 37.0 Å². The molecule has 14 heavy (non-hydrogen) atoms. The van der Waals surface area contributed by atoms with Gasteiger partial charge in [-0.1, -0.05) is 13.3 Å². The summed E-state index contributed by atoms with van der Waals surface area (Å²) in [5, 5.41) is 3.16. The van der Waals surface area contributed by atoms with Crippen LogP contribution in [0.5, 0.6) is 0 Å². The van der Waals surface area contributed by atoms with Crippen LogP contribution < -0.4 is 5.32 Å². The molecule has 0 aromatic heterocycles. The third kappa shape index (κ3) is 1.92. The predicted octanol–water partition coefficient (Wildman–Crippen LogP) is 0.854. The Hall–Kier alpha value is -0.570. The molecule has 2 heterocycles. The Bertz CT molecular complexity index is 213. The molecule has 2 aliphatic rings. The lowest BCUT2D eigenvalue weighted by molar-refractivity contribution is -0.138. The molecule has 1 N–H and O–H groups in total. The molecule has 0 radical (unpaired) electrons. The predicted molar refractivity (Wildman–Crippen MR) is 56.0 cm³/mol. The Kier molecular flexibility index (Phi) is 3.06. The van der Waals surface area contributed by atoms with E-state index in [0.29, 0.717) is 5.91 Å². The summed E-state index contributed by atoms with van der Waals surface area (Å²) in [5.41, 5.74) is 0. The second-order valence-corrected chi connectivity index (χ2v) is 4.56. The number of likely N-dealkylation sites (tertiary alicyclic amines) is 1. The number of nitrogens with one attached hydrogen (secondary N) is 1. The fourth-order valence-corrected chi connectivity index (χ4v) is 2.32. The average Bonchev–Trinajstić information content (AvgIpc) is 2.15. The molecule has 80 valence electrons. The van der Waals surface area contributed by atoms with Crippen molar-refractivity contribution in [3.05, 3.63) is 0 Å². The van der Waals surface area contributed by atoms with E-state index in [0.717, 1.165) is 32.1 Å².